The number of hydrogen-bond donors (Lipinski definition) is 2. The number of methoxy groups -OCH3 is 1. The first-order chi connectivity index (χ1) is 8.70. The topological polar surface area (TPSA) is 75.2 Å². The maximum atomic E-state index is 7.47. The van der Waals surface area contributed by atoms with Crippen molar-refractivity contribution in [3.05, 3.63) is 23.9 Å². The SMILES string of the molecule is COc1ncccc1CN1CCC(C(=N)N)CC1. The lowest BCUT2D eigenvalue weighted by Crippen LogP contribution is -2.37. The molecule has 0 bridgehead atoms. The van der Waals surface area contributed by atoms with Crippen LogP contribution in [0.3, 0.4) is 0 Å². The number of amidine groups is 1. The van der Waals surface area contributed by atoms with Crippen LogP contribution in [0.4, 0.5) is 0 Å². The Balaban J connectivity index is 1.93. The molecule has 0 atom stereocenters. The van der Waals surface area contributed by atoms with E-state index in [1.54, 1.807) is 13.3 Å². The largest absolute Gasteiger partial charge is 0.481 e. The maximum absolute atomic E-state index is 7.47. The molecule has 3 N–H and O–H groups in total. The minimum absolute atomic E-state index is 0.261. The predicted octanol–water partition coefficient (Wildman–Crippen LogP) is 1.24. The Morgan fingerprint density at radius 2 is 2.28 bits per heavy atom. The molecule has 0 aromatic carbocycles. The summed E-state index contributed by atoms with van der Waals surface area (Å²) >= 11 is 0. The summed E-state index contributed by atoms with van der Waals surface area (Å²) in [6.07, 6.45) is 3.68. The van der Waals surface area contributed by atoms with Crippen LogP contribution >= 0.6 is 0 Å². The van der Waals surface area contributed by atoms with Crippen LogP contribution in [0.25, 0.3) is 0 Å². The zero-order valence-electron chi connectivity index (χ0n) is 10.7. The number of hydrogen-bond acceptors (Lipinski definition) is 4. The monoisotopic (exact) mass is 248 g/mol. The van der Waals surface area contributed by atoms with Crippen molar-refractivity contribution in [3.63, 3.8) is 0 Å². The first-order valence-electron chi connectivity index (χ1n) is 6.25. The smallest absolute Gasteiger partial charge is 0.217 e. The van der Waals surface area contributed by atoms with E-state index in [0.29, 0.717) is 11.7 Å². The molecule has 1 aromatic heterocycles. The van der Waals surface area contributed by atoms with Crippen molar-refractivity contribution in [2.24, 2.45) is 11.7 Å². The van der Waals surface area contributed by atoms with E-state index in [2.05, 4.69) is 9.88 Å². The predicted molar refractivity (Wildman–Crippen MR) is 70.7 cm³/mol. The van der Waals surface area contributed by atoms with Gasteiger partial charge in [-0.15, -0.1) is 0 Å². The lowest BCUT2D eigenvalue weighted by Gasteiger charge is -2.31. The van der Waals surface area contributed by atoms with Crippen molar-refractivity contribution in [3.8, 4) is 5.88 Å². The average Bonchev–Trinajstić information content (AvgIpc) is 2.40. The van der Waals surface area contributed by atoms with Crippen LogP contribution in [0.5, 0.6) is 5.88 Å². The molecule has 0 aliphatic carbocycles. The van der Waals surface area contributed by atoms with E-state index in [-0.39, 0.29) is 5.92 Å². The Morgan fingerprint density at radius 3 is 2.89 bits per heavy atom. The highest BCUT2D eigenvalue weighted by Crippen LogP contribution is 2.21. The molecule has 5 nitrogen and oxygen atoms in total. The Morgan fingerprint density at radius 1 is 1.56 bits per heavy atom. The quantitative estimate of drug-likeness (QED) is 0.621. The van der Waals surface area contributed by atoms with Crippen molar-refractivity contribution >= 4 is 5.84 Å². The highest BCUT2D eigenvalue weighted by Gasteiger charge is 2.21. The summed E-state index contributed by atoms with van der Waals surface area (Å²) in [5.41, 5.74) is 6.66. The average molecular weight is 248 g/mol. The summed E-state index contributed by atoms with van der Waals surface area (Å²) < 4.78 is 5.25. The molecule has 0 amide bonds. The van der Waals surface area contributed by atoms with E-state index >= 15 is 0 Å². The molecule has 0 unspecified atom stereocenters. The number of nitrogens with zero attached hydrogens (tertiary/aromatic N) is 2. The number of piperidine rings is 1. The van der Waals surface area contributed by atoms with Crippen molar-refractivity contribution in [2.75, 3.05) is 20.2 Å². The maximum Gasteiger partial charge on any atom is 0.217 e. The zero-order valence-corrected chi connectivity index (χ0v) is 10.7. The van der Waals surface area contributed by atoms with Gasteiger partial charge in [0.25, 0.3) is 0 Å². The van der Waals surface area contributed by atoms with Gasteiger partial charge < -0.3 is 10.5 Å². The van der Waals surface area contributed by atoms with Gasteiger partial charge in [-0.3, -0.25) is 10.3 Å². The number of likely N-dealkylation sites (tertiary alicyclic amines) is 1. The third-order valence-corrected chi connectivity index (χ3v) is 3.46. The number of pyridine rings is 1. The number of rotatable bonds is 4. The minimum atomic E-state index is 0.261. The number of nitrogens with two attached hydrogens (primary N) is 1. The Kier molecular flexibility index (Phi) is 4.15. The van der Waals surface area contributed by atoms with E-state index in [9.17, 15) is 0 Å². The van der Waals surface area contributed by atoms with Gasteiger partial charge in [0.1, 0.15) is 0 Å². The molecule has 0 saturated carbocycles. The summed E-state index contributed by atoms with van der Waals surface area (Å²) in [4.78, 5) is 6.56. The fourth-order valence-electron chi connectivity index (χ4n) is 2.37. The van der Waals surface area contributed by atoms with Crippen molar-refractivity contribution in [2.45, 2.75) is 19.4 Å². The van der Waals surface area contributed by atoms with Crippen molar-refractivity contribution in [1.29, 1.82) is 5.41 Å². The van der Waals surface area contributed by atoms with Crippen LogP contribution in [0.2, 0.25) is 0 Å². The van der Waals surface area contributed by atoms with E-state index in [1.807, 2.05) is 12.1 Å². The van der Waals surface area contributed by atoms with Crippen LogP contribution in [0, 0.1) is 11.3 Å². The molecular weight excluding hydrogens is 228 g/mol. The second-order valence-electron chi connectivity index (χ2n) is 4.68. The van der Waals surface area contributed by atoms with Gasteiger partial charge in [0.05, 0.1) is 12.9 Å². The summed E-state index contributed by atoms with van der Waals surface area (Å²) in [6.45, 7) is 2.80. The molecule has 1 fully saturated rings. The molecule has 1 aliphatic heterocycles. The molecule has 0 spiro atoms. The fourth-order valence-corrected chi connectivity index (χ4v) is 2.37. The molecule has 1 aromatic rings. The van der Waals surface area contributed by atoms with Gasteiger partial charge in [0, 0.05) is 24.2 Å². The molecule has 0 radical (unpaired) electrons. The third kappa shape index (κ3) is 2.98. The van der Waals surface area contributed by atoms with Crippen molar-refractivity contribution in [1.82, 2.24) is 9.88 Å². The number of nitrogens with one attached hydrogen (secondary N) is 1. The van der Waals surface area contributed by atoms with E-state index < -0.39 is 0 Å². The highest BCUT2D eigenvalue weighted by atomic mass is 16.5. The van der Waals surface area contributed by atoms with Gasteiger partial charge in [0.15, 0.2) is 0 Å². The number of ether oxygens (including phenoxy) is 1. The highest BCUT2D eigenvalue weighted by molar-refractivity contribution is 5.79. The van der Waals surface area contributed by atoms with Gasteiger partial charge in [-0.2, -0.15) is 0 Å². The summed E-state index contributed by atoms with van der Waals surface area (Å²) in [5.74, 6) is 1.29. The second-order valence-corrected chi connectivity index (χ2v) is 4.68. The lowest BCUT2D eigenvalue weighted by molar-refractivity contribution is 0.198. The molecule has 2 rings (SSSR count). The first-order valence-corrected chi connectivity index (χ1v) is 6.25. The summed E-state index contributed by atoms with van der Waals surface area (Å²) in [6, 6.07) is 3.98. The summed E-state index contributed by atoms with van der Waals surface area (Å²) in [5, 5.41) is 7.47. The molecule has 1 saturated heterocycles. The van der Waals surface area contributed by atoms with Gasteiger partial charge in [0.2, 0.25) is 5.88 Å². The molecule has 18 heavy (non-hydrogen) atoms. The summed E-state index contributed by atoms with van der Waals surface area (Å²) in [7, 11) is 1.65. The fraction of sp³-hybridized carbons (Fsp3) is 0.538. The number of aromatic nitrogens is 1. The van der Waals surface area contributed by atoms with Gasteiger partial charge in [-0.1, -0.05) is 6.07 Å². The minimum Gasteiger partial charge on any atom is -0.481 e. The Labute approximate surface area is 107 Å². The zero-order chi connectivity index (χ0) is 13.0. The van der Waals surface area contributed by atoms with Crippen LogP contribution in [0.15, 0.2) is 18.3 Å². The molecule has 98 valence electrons. The van der Waals surface area contributed by atoms with Crippen LogP contribution in [-0.2, 0) is 6.54 Å². The molecule has 2 heterocycles. The first kappa shape index (κ1) is 12.8. The van der Waals surface area contributed by atoms with Gasteiger partial charge >= 0.3 is 0 Å². The Bertz CT molecular complexity index is 413. The van der Waals surface area contributed by atoms with Crippen LogP contribution in [-0.4, -0.2) is 35.9 Å². The molecule has 1 aliphatic rings. The van der Waals surface area contributed by atoms with E-state index in [4.69, 9.17) is 15.9 Å². The standard InChI is InChI=1S/C13H20N4O/c1-18-13-11(3-2-6-16-13)9-17-7-4-10(5-8-17)12(14)15/h2-3,6,10H,4-5,7-9H2,1H3,(H3,14,15). The Hall–Kier alpha value is -1.62. The van der Waals surface area contributed by atoms with Crippen LogP contribution in [0.1, 0.15) is 18.4 Å². The van der Waals surface area contributed by atoms with Gasteiger partial charge in [-0.25, -0.2) is 4.98 Å². The van der Waals surface area contributed by atoms with E-state index in [0.717, 1.165) is 38.0 Å². The molecular formula is C13H20N4O. The van der Waals surface area contributed by atoms with Crippen molar-refractivity contribution < 1.29 is 4.74 Å². The van der Waals surface area contributed by atoms with E-state index in [1.165, 1.54) is 0 Å². The third-order valence-electron chi connectivity index (χ3n) is 3.46. The second kappa shape index (κ2) is 5.82. The van der Waals surface area contributed by atoms with Gasteiger partial charge in [-0.05, 0) is 32.0 Å². The lowest BCUT2D eigenvalue weighted by atomic mass is 9.95. The normalized spacial score (nSPS) is 17.6. The molecule has 5 heteroatoms. The van der Waals surface area contributed by atoms with Crippen LogP contribution < -0.4 is 10.5 Å².